The molecule has 0 saturated carbocycles. The summed E-state index contributed by atoms with van der Waals surface area (Å²) in [5, 5.41) is 0. The van der Waals surface area contributed by atoms with Crippen LogP contribution in [-0.2, 0) is 6.04 Å². The number of hydrogen-bond acceptors (Lipinski definition) is 0. The van der Waals surface area contributed by atoms with E-state index >= 15 is 0 Å². The van der Waals surface area contributed by atoms with Gasteiger partial charge in [0.1, 0.15) is 7.02 Å². The minimum atomic E-state index is 0.973. The van der Waals surface area contributed by atoms with Crippen molar-refractivity contribution in [1.29, 1.82) is 0 Å². The second kappa shape index (κ2) is 8.10. The van der Waals surface area contributed by atoms with Crippen molar-refractivity contribution in [2.24, 2.45) is 0 Å². The fourth-order valence-corrected chi connectivity index (χ4v) is 3.16. The molecule has 0 atom stereocenters. The number of halogens is 1. The Hall–Kier alpha value is -0.0931. The summed E-state index contributed by atoms with van der Waals surface area (Å²) in [7, 11) is 0.973. The molecule has 0 N–H and O–H groups in total. The lowest BCUT2D eigenvalue weighted by molar-refractivity contribution is 0.816. The van der Waals surface area contributed by atoms with Crippen LogP contribution in [0.4, 0.5) is 0 Å². The highest BCUT2D eigenvalue weighted by molar-refractivity contribution is 14.1. The smallest absolute Gasteiger partial charge is 0.124 e. The second-order valence-corrected chi connectivity index (χ2v) is 6.46. The Morgan fingerprint density at radius 3 is 2.87 bits per heavy atom. The van der Waals surface area contributed by atoms with E-state index in [4.69, 9.17) is 0 Å². The van der Waals surface area contributed by atoms with Gasteiger partial charge in [-0.05, 0) is 23.6 Å². The van der Waals surface area contributed by atoms with E-state index in [0.717, 1.165) is 7.02 Å². The maximum absolute atomic E-state index is 2.46. The van der Waals surface area contributed by atoms with Crippen molar-refractivity contribution in [3.05, 3.63) is 41.5 Å². The molecule has 0 fully saturated rings. The molecule has 0 amide bonds. The van der Waals surface area contributed by atoms with E-state index in [1.54, 1.807) is 0 Å². The maximum atomic E-state index is 2.46. The van der Waals surface area contributed by atoms with E-state index in [1.807, 2.05) is 0 Å². The summed E-state index contributed by atoms with van der Waals surface area (Å²) in [6.45, 7) is 2.24. The van der Waals surface area contributed by atoms with Crippen LogP contribution >= 0.6 is 21.8 Å². The van der Waals surface area contributed by atoms with Gasteiger partial charge in [-0.1, -0.05) is 56.2 Å². The first-order chi connectivity index (χ1) is 7.38. The topological polar surface area (TPSA) is 0 Å². The third-order valence-electron chi connectivity index (χ3n) is 2.33. The highest BCUT2D eigenvalue weighted by Gasteiger charge is 1.97. The summed E-state index contributed by atoms with van der Waals surface area (Å²) in [4.78, 5) is 0. The Morgan fingerprint density at radius 2 is 2.13 bits per heavy atom. The molecule has 0 spiro atoms. The monoisotopic (exact) mass is 328 g/mol. The highest BCUT2D eigenvalue weighted by atomic mass is 127. The molecule has 0 aliphatic rings. The van der Waals surface area contributed by atoms with Crippen LogP contribution in [-0.4, -0.2) is 7.02 Å². The summed E-state index contributed by atoms with van der Waals surface area (Å²) < 4.78 is 0. The van der Waals surface area contributed by atoms with Gasteiger partial charge >= 0.3 is 0 Å². The summed E-state index contributed by atoms with van der Waals surface area (Å²) in [5.41, 5.74) is 2.88. The van der Waals surface area contributed by atoms with Gasteiger partial charge in [0.15, 0.2) is 0 Å². The lowest BCUT2D eigenvalue weighted by Crippen LogP contribution is -1.91. The fraction of sp³-hybridized carbons (Fsp3) is 0.385. The molecule has 0 aromatic heterocycles. The molecule has 0 aliphatic heterocycles. The van der Waals surface area contributed by atoms with Crippen LogP contribution in [0.1, 0.15) is 37.3 Å². The fourth-order valence-electron chi connectivity index (χ4n) is 1.46. The predicted molar refractivity (Wildman–Crippen MR) is 78.5 cm³/mol. The van der Waals surface area contributed by atoms with Crippen molar-refractivity contribution >= 4 is 34.9 Å². The molecule has 0 nitrogen and oxygen atoms in total. The largest absolute Gasteiger partial charge is 0.135 e. The van der Waals surface area contributed by atoms with E-state index in [0.29, 0.717) is 0 Å². The van der Waals surface area contributed by atoms with Crippen LogP contribution in [0.5, 0.6) is 0 Å². The van der Waals surface area contributed by atoms with Crippen LogP contribution in [0.2, 0.25) is 0 Å². The van der Waals surface area contributed by atoms with Gasteiger partial charge < -0.3 is 0 Å². The standard InChI is InChI=1S/C13H17ISi/c1-2-3-4-5-8-12-9-6-7-10-13(12)11-15-14/h5-10H,2-4,11H2,1H3. The first kappa shape index (κ1) is 13.0. The van der Waals surface area contributed by atoms with E-state index < -0.39 is 0 Å². The minimum Gasteiger partial charge on any atom is -0.124 e. The van der Waals surface area contributed by atoms with Gasteiger partial charge in [0, 0.05) is 0 Å². The molecule has 0 unspecified atom stereocenters. The highest BCUT2D eigenvalue weighted by Crippen LogP contribution is 2.12. The Bertz CT molecular complexity index is 307. The second-order valence-electron chi connectivity index (χ2n) is 3.55. The van der Waals surface area contributed by atoms with Gasteiger partial charge in [-0.2, -0.15) is 0 Å². The summed E-state index contributed by atoms with van der Waals surface area (Å²) >= 11 is 2.46. The third-order valence-corrected chi connectivity index (χ3v) is 3.99. The number of unbranched alkanes of at least 4 members (excludes halogenated alkanes) is 2. The molecule has 0 aliphatic carbocycles. The first-order valence-electron chi connectivity index (χ1n) is 5.46. The van der Waals surface area contributed by atoms with Crippen LogP contribution in [0.3, 0.4) is 0 Å². The van der Waals surface area contributed by atoms with Crippen LogP contribution in [0, 0.1) is 0 Å². The van der Waals surface area contributed by atoms with Gasteiger partial charge in [-0.25, -0.2) is 0 Å². The molecule has 0 heterocycles. The van der Waals surface area contributed by atoms with Gasteiger partial charge in [-0.15, -0.1) is 21.8 Å². The van der Waals surface area contributed by atoms with Crippen molar-refractivity contribution in [2.45, 2.75) is 32.2 Å². The van der Waals surface area contributed by atoms with Crippen molar-refractivity contribution < 1.29 is 0 Å². The van der Waals surface area contributed by atoms with Crippen molar-refractivity contribution in [3.63, 3.8) is 0 Å². The Labute approximate surface area is 108 Å². The quantitative estimate of drug-likeness (QED) is 0.313. The maximum Gasteiger partial charge on any atom is 0.135 e. The average molecular weight is 328 g/mol. The number of benzene rings is 1. The average Bonchev–Trinajstić information content (AvgIpc) is 2.27. The first-order valence-corrected chi connectivity index (χ1v) is 9.78. The molecule has 2 radical (unpaired) electrons. The minimum absolute atomic E-state index is 0.973. The third kappa shape index (κ3) is 4.98. The molecule has 0 saturated heterocycles. The molecule has 80 valence electrons. The van der Waals surface area contributed by atoms with Crippen LogP contribution in [0.25, 0.3) is 6.08 Å². The summed E-state index contributed by atoms with van der Waals surface area (Å²) in [6, 6.07) is 9.92. The van der Waals surface area contributed by atoms with Gasteiger partial charge in [0.25, 0.3) is 0 Å². The zero-order valence-electron chi connectivity index (χ0n) is 9.17. The lowest BCUT2D eigenvalue weighted by Gasteiger charge is -2.02. The van der Waals surface area contributed by atoms with E-state index in [1.165, 1.54) is 36.4 Å². The Morgan fingerprint density at radius 1 is 1.33 bits per heavy atom. The lowest BCUT2D eigenvalue weighted by atomic mass is 10.1. The zero-order chi connectivity index (χ0) is 10.9. The zero-order valence-corrected chi connectivity index (χ0v) is 12.3. The molecule has 2 heteroatoms. The van der Waals surface area contributed by atoms with Crippen molar-refractivity contribution in [3.8, 4) is 0 Å². The summed E-state index contributed by atoms with van der Waals surface area (Å²) in [6.07, 6.45) is 8.37. The van der Waals surface area contributed by atoms with Crippen LogP contribution in [0.15, 0.2) is 30.3 Å². The molecule has 1 aromatic rings. The number of hydrogen-bond donors (Lipinski definition) is 0. The van der Waals surface area contributed by atoms with E-state index in [9.17, 15) is 0 Å². The summed E-state index contributed by atoms with van der Waals surface area (Å²) in [5.74, 6) is 0. The molecular formula is C13H17ISi. The molecule has 1 aromatic carbocycles. The molecular weight excluding hydrogens is 311 g/mol. The van der Waals surface area contributed by atoms with Crippen molar-refractivity contribution in [2.75, 3.05) is 0 Å². The molecule has 0 bridgehead atoms. The predicted octanol–water partition coefficient (Wildman–Crippen LogP) is 4.44. The van der Waals surface area contributed by atoms with E-state index in [-0.39, 0.29) is 0 Å². The Balaban J connectivity index is 2.62. The SMILES string of the molecule is CCCCC=Cc1ccccc1C[Si]I. The normalized spacial score (nSPS) is 11.1. The Kier molecular flexibility index (Phi) is 7.01. The van der Waals surface area contributed by atoms with Gasteiger partial charge in [0.05, 0.1) is 0 Å². The van der Waals surface area contributed by atoms with Crippen molar-refractivity contribution in [1.82, 2.24) is 0 Å². The number of allylic oxidation sites excluding steroid dienone is 1. The van der Waals surface area contributed by atoms with E-state index in [2.05, 4.69) is 65.1 Å². The van der Waals surface area contributed by atoms with Gasteiger partial charge in [0.2, 0.25) is 0 Å². The van der Waals surface area contributed by atoms with Gasteiger partial charge in [-0.3, -0.25) is 0 Å². The van der Waals surface area contributed by atoms with Crippen LogP contribution < -0.4 is 0 Å². The molecule has 1 rings (SSSR count). The number of rotatable bonds is 6. The molecule has 15 heavy (non-hydrogen) atoms.